The van der Waals surface area contributed by atoms with Crippen LogP contribution in [0.1, 0.15) is 18.1 Å². The molecule has 0 saturated heterocycles. The number of benzene rings is 2. The summed E-state index contributed by atoms with van der Waals surface area (Å²) in [5, 5.41) is 6.54. The van der Waals surface area contributed by atoms with Gasteiger partial charge < -0.3 is 5.32 Å². The fraction of sp³-hybridized carbons (Fsp3) is 0.176. The maximum atomic E-state index is 11.0. The highest BCUT2D eigenvalue weighted by Gasteiger charge is 2.17. The summed E-state index contributed by atoms with van der Waals surface area (Å²) in [4.78, 5) is 15.7. The normalized spacial score (nSPS) is 14.1. The number of rotatable bonds is 3. The predicted octanol–water partition coefficient (Wildman–Crippen LogP) is 3.36. The zero-order chi connectivity index (χ0) is 14.7. The average molecular weight is 280 g/mol. The lowest BCUT2D eigenvalue weighted by atomic mass is 9.95. The van der Waals surface area contributed by atoms with Crippen molar-refractivity contribution < 1.29 is 9.63 Å². The van der Waals surface area contributed by atoms with Crippen molar-refractivity contribution in [3.8, 4) is 11.1 Å². The third-order valence-corrected chi connectivity index (χ3v) is 3.55. The molecule has 2 aromatic rings. The van der Waals surface area contributed by atoms with Crippen molar-refractivity contribution in [1.29, 1.82) is 0 Å². The van der Waals surface area contributed by atoms with Crippen molar-refractivity contribution in [2.45, 2.75) is 13.3 Å². The Balaban J connectivity index is 2.01. The molecule has 0 saturated carbocycles. The first kappa shape index (κ1) is 13.4. The Kier molecular flexibility index (Phi) is 3.69. The predicted molar refractivity (Wildman–Crippen MR) is 82.3 cm³/mol. The number of carbonyl (C=O) groups is 1. The molecule has 0 fully saturated rings. The summed E-state index contributed by atoms with van der Waals surface area (Å²) in [7, 11) is 0. The molecular formula is C17H16N2O2. The molecule has 0 aromatic heterocycles. The minimum atomic E-state index is -0.511. The molecule has 0 spiro atoms. The summed E-state index contributed by atoms with van der Waals surface area (Å²) in [6.45, 7) is 2.52. The molecule has 2 aromatic carbocycles. The number of aryl methyl sites for hydroxylation is 1. The highest BCUT2D eigenvalue weighted by molar-refractivity contribution is 6.08. The van der Waals surface area contributed by atoms with Crippen molar-refractivity contribution in [2.75, 3.05) is 6.54 Å². The Labute approximate surface area is 123 Å². The standard InChI is InChI=1S/C17H16N2O2/c1-2-12-7-9-13(10-8-12)14-5-3-4-6-15(14)16-11-18-17(20)21-19-16/h3-10H,2,11H2,1H3,(H,18,20). The van der Waals surface area contributed by atoms with E-state index in [1.807, 2.05) is 18.2 Å². The SMILES string of the molecule is CCc1ccc(-c2ccccc2C2=NOC(=O)NC2)cc1. The van der Waals surface area contributed by atoms with Gasteiger partial charge in [0.25, 0.3) is 0 Å². The zero-order valence-corrected chi connectivity index (χ0v) is 11.8. The highest BCUT2D eigenvalue weighted by atomic mass is 16.7. The summed E-state index contributed by atoms with van der Waals surface area (Å²) in [6.07, 6.45) is 0.512. The molecule has 0 radical (unpaired) electrons. The number of nitrogens with one attached hydrogen (secondary N) is 1. The number of oxime groups is 1. The van der Waals surface area contributed by atoms with Gasteiger partial charge in [-0.2, -0.15) is 0 Å². The van der Waals surface area contributed by atoms with Gasteiger partial charge in [-0.25, -0.2) is 4.79 Å². The molecule has 0 unspecified atom stereocenters. The summed E-state index contributed by atoms with van der Waals surface area (Å²) in [5.74, 6) is 0. The van der Waals surface area contributed by atoms with Crippen molar-refractivity contribution >= 4 is 11.8 Å². The van der Waals surface area contributed by atoms with Crippen LogP contribution in [0.2, 0.25) is 0 Å². The van der Waals surface area contributed by atoms with E-state index in [9.17, 15) is 4.79 Å². The van der Waals surface area contributed by atoms with E-state index < -0.39 is 6.09 Å². The lowest BCUT2D eigenvalue weighted by molar-refractivity contribution is 0.147. The number of nitrogens with zero attached hydrogens (tertiary/aromatic N) is 1. The molecule has 1 amide bonds. The van der Waals surface area contributed by atoms with Gasteiger partial charge >= 0.3 is 6.09 Å². The smallest absolute Gasteiger partial charge is 0.314 e. The second-order valence-corrected chi connectivity index (χ2v) is 4.87. The van der Waals surface area contributed by atoms with Crippen molar-refractivity contribution in [3.05, 3.63) is 59.7 Å². The van der Waals surface area contributed by atoms with Crippen molar-refractivity contribution in [1.82, 2.24) is 5.32 Å². The monoisotopic (exact) mass is 280 g/mol. The molecule has 21 heavy (non-hydrogen) atoms. The molecule has 1 heterocycles. The number of hydrogen-bond acceptors (Lipinski definition) is 3. The average Bonchev–Trinajstić information content (AvgIpc) is 2.56. The van der Waals surface area contributed by atoms with E-state index in [0.29, 0.717) is 6.54 Å². The van der Waals surface area contributed by atoms with Gasteiger partial charge in [-0.1, -0.05) is 60.6 Å². The van der Waals surface area contributed by atoms with E-state index >= 15 is 0 Å². The first-order valence-electron chi connectivity index (χ1n) is 6.98. The molecule has 1 N–H and O–H groups in total. The molecular weight excluding hydrogens is 264 g/mol. The van der Waals surface area contributed by atoms with E-state index in [1.54, 1.807) is 0 Å². The number of amides is 1. The molecule has 0 atom stereocenters. The Morgan fingerprint density at radius 2 is 1.81 bits per heavy atom. The Morgan fingerprint density at radius 1 is 1.10 bits per heavy atom. The van der Waals surface area contributed by atoms with Crippen LogP contribution in [0.25, 0.3) is 11.1 Å². The summed E-state index contributed by atoms with van der Waals surface area (Å²) < 4.78 is 0. The quantitative estimate of drug-likeness (QED) is 0.876. The lowest BCUT2D eigenvalue weighted by Crippen LogP contribution is -2.34. The maximum absolute atomic E-state index is 11.0. The van der Waals surface area contributed by atoms with Gasteiger partial charge in [-0.3, -0.25) is 4.84 Å². The molecule has 0 bridgehead atoms. The number of hydrogen-bond donors (Lipinski definition) is 1. The van der Waals surface area contributed by atoms with Gasteiger partial charge in [-0.15, -0.1) is 0 Å². The van der Waals surface area contributed by atoms with Crippen LogP contribution in [0.15, 0.2) is 53.7 Å². The van der Waals surface area contributed by atoms with E-state index in [0.717, 1.165) is 28.8 Å². The maximum Gasteiger partial charge on any atom is 0.433 e. The first-order chi connectivity index (χ1) is 10.3. The van der Waals surface area contributed by atoms with Crippen LogP contribution >= 0.6 is 0 Å². The van der Waals surface area contributed by atoms with Crippen molar-refractivity contribution in [2.24, 2.45) is 5.16 Å². The minimum Gasteiger partial charge on any atom is -0.314 e. The minimum absolute atomic E-state index is 0.378. The van der Waals surface area contributed by atoms with E-state index in [1.165, 1.54) is 5.56 Å². The first-order valence-corrected chi connectivity index (χ1v) is 6.98. The molecule has 106 valence electrons. The highest BCUT2D eigenvalue weighted by Crippen LogP contribution is 2.25. The van der Waals surface area contributed by atoms with Gasteiger partial charge in [0.05, 0.1) is 6.54 Å². The van der Waals surface area contributed by atoms with Gasteiger partial charge in [0, 0.05) is 5.56 Å². The largest absolute Gasteiger partial charge is 0.433 e. The lowest BCUT2D eigenvalue weighted by Gasteiger charge is -2.15. The van der Waals surface area contributed by atoms with E-state index in [4.69, 9.17) is 4.84 Å². The van der Waals surface area contributed by atoms with E-state index in [2.05, 4.69) is 47.7 Å². The van der Waals surface area contributed by atoms with Crippen molar-refractivity contribution in [3.63, 3.8) is 0 Å². The van der Waals surface area contributed by atoms with Crippen LogP contribution in [0.3, 0.4) is 0 Å². The van der Waals surface area contributed by atoms with Crippen LogP contribution < -0.4 is 5.32 Å². The summed E-state index contributed by atoms with van der Waals surface area (Å²) in [5.41, 5.74) is 5.22. The molecule has 4 heteroatoms. The fourth-order valence-corrected chi connectivity index (χ4v) is 2.37. The molecule has 1 aliphatic heterocycles. The molecule has 3 rings (SSSR count). The summed E-state index contributed by atoms with van der Waals surface area (Å²) in [6, 6.07) is 16.5. The molecule has 1 aliphatic rings. The number of carbonyl (C=O) groups excluding carboxylic acids is 1. The second-order valence-electron chi connectivity index (χ2n) is 4.87. The molecule has 0 aliphatic carbocycles. The van der Waals surface area contributed by atoms with Crippen LogP contribution in [-0.4, -0.2) is 18.3 Å². The van der Waals surface area contributed by atoms with Gasteiger partial charge in [0.15, 0.2) is 0 Å². The van der Waals surface area contributed by atoms with Gasteiger partial charge in [0.2, 0.25) is 0 Å². The second kappa shape index (κ2) is 5.79. The summed E-state index contributed by atoms with van der Waals surface area (Å²) >= 11 is 0. The Bertz CT molecular complexity index is 690. The van der Waals surface area contributed by atoms with Crippen LogP contribution in [-0.2, 0) is 11.3 Å². The van der Waals surface area contributed by atoms with Gasteiger partial charge in [0.1, 0.15) is 5.71 Å². The Morgan fingerprint density at radius 3 is 2.43 bits per heavy atom. The third-order valence-electron chi connectivity index (χ3n) is 3.55. The van der Waals surface area contributed by atoms with Crippen LogP contribution in [0.4, 0.5) is 4.79 Å². The third kappa shape index (κ3) is 2.79. The zero-order valence-electron chi connectivity index (χ0n) is 11.8. The fourth-order valence-electron chi connectivity index (χ4n) is 2.37. The Hall–Kier alpha value is -2.62. The molecule has 4 nitrogen and oxygen atoms in total. The van der Waals surface area contributed by atoms with Crippen LogP contribution in [0.5, 0.6) is 0 Å². The van der Waals surface area contributed by atoms with Gasteiger partial charge in [-0.05, 0) is 23.1 Å². The topological polar surface area (TPSA) is 50.7 Å². The van der Waals surface area contributed by atoms with Crippen LogP contribution in [0, 0.1) is 0 Å². The van der Waals surface area contributed by atoms with E-state index in [-0.39, 0.29) is 0 Å².